The van der Waals surface area contributed by atoms with Gasteiger partial charge in [-0.15, -0.1) is 0 Å². The Morgan fingerprint density at radius 3 is 2.00 bits per heavy atom. The summed E-state index contributed by atoms with van der Waals surface area (Å²) in [7, 11) is 0. The maximum atomic E-state index is 12.5. The fourth-order valence-electron chi connectivity index (χ4n) is 3.37. The molecule has 0 bridgehead atoms. The van der Waals surface area contributed by atoms with Gasteiger partial charge in [-0.1, -0.05) is 81.4 Å². The molecule has 1 aliphatic rings. The fourth-order valence-corrected chi connectivity index (χ4v) is 3.37. The van der Waals surface area contributed by atoms with E-state index in [4.69, 9.17) is 0 Å². The average Bonchev–Trinajstić information content (AvgIpc) is 2.77. The van der Waals surface area contributed by atoms with E-state index in [2.05, 4.69) is 48.1 Å². The molecule has 3 heteroatoms. The quantitative estimate of drug-likeness (QED) is 0.592. The summed E-state index contributed by atoms with van der Waals surface area (Å²) < 4.78 is 4.15. The van der Waals surface area contributed by atoms with Crippen LogP contribution in [0.5, 0.6) is 0 Å². The number of carbonyl (C=O) groups is 2. The molecule has 0 aliphatic heterocycles. The van der Waals surface area contributed by atoms with Gasteiger partial charge in [-0.2, -0.15) is 0 Å². The highest BCUT2D eigenvalue weighted by Crippen LogP contribution is 2.40. The van der Waals surface area contributed by atoms with Crippen molar-refractivity contribution in [1.29, 1.82) is 0 Å². The summed E-state index contributed by atoms with van der Waals surface area (Å²) in [5.74, 6) is 0.681. The van der Waals surface area contributed by atoms with E-state index in [-0.39, 0.29) is 11.7 Å². The molecular weight excluding hydrogens is 348 g/mol. The van der Waals surface area contributed by atoms with Crippen LogP contribution in [0.3, 0.4) is 0 Å². The molecule has 3 nitrogen and oxygen atoms in total. The first-order chi connectivity index (χ1) is 13.7. The molecule has 3 rings (SSSR count). The van der Waals surface area contributed by atoms with Crippen molar-refractivity contribution in [3.63, 3.8) is 0 Å². The monoisotopic (exact) mass is 380 g/mol. The SMILES string of the molecule is CC.CCC1C(=O)C=C(c2ccccc2)CC1c1ccccc1.CCOC=O. The third-order valence-corrected chi connectivity index (χ3v) is 4.65. The lowest BCUT2D eigenvalue weighted by Gasteiger charge is -2.30. The molecule has 0 saturated carbocycles. The van der Waals surface area contributed by atoms with Gasteiger partial charge in [-0.05, 0) is 48.5 Å². The summed E-state index contributed by atoms with van der Waals surface area (Å²) >= 11 is 0. The van der Waals surface area contributed by atoms with Gasteiger partial charge in [0.15, 0.2) is 5.78 Å². The zero-order chi connectivity index (χ0) is 20.8. The minimum atomic E-state index is 0.111. The second-order valence-corrected chi connectivity index (χ2v) is 6.23. The Bertz CT molecular complexity index is 720. The van der Waals surface area contributed by atoms with Gasteiger partial charge >= 0.3 is 0 Å². The van der Waals surface area contributed by atoms with E-state index in [1.165, 1.54) is 16.7 Å². The Labute approximate surface area is 169 Å². The molecule has 2 unspecified atom stereocenters. The van der Waals surface area contributed by atoms with Gasteiger partial charge in [-0.3, -0.25) is 9.59 Å². The van der Waals surface area contributed by atoms with E-state index in [0.717, 1.165) is 12.8 Å². The highest BCUT2D eigenvalue weighted by molar-refractivity contribution is 6.00. The lowest BCUT2D eigenvalue weighted by molar-refractivity contribution is -0.128. The zero-order valence-corrected chi connectivity index (χ0v) is 17.4. The number of benzene rings is 2. The highest BCUT2D eigenvalue weighted by atomic mass is 16.5. The predicted octanol–water partition coefficient (Wildman–Crippen LogP) is 6.06. The molecule has 28 heavy (non-hydrogen) atoms. The van der Waals surface area contributed by atoms with E-state index >= 15 is 0 Å². The third-order valence-electron chi connectivity index (χ3n) is 4.65. The van der Waals surface area contributed by atoms with Crippen LogP contribution in [0.15, 0.2) is 66.7 Å². The molecule has 2 atom stereocenters. The summed E-state index contributed by atoms with van der Waals surface area (Å²) in [5.41, 5.74) is 3.61. The van der Waals surface area contributed by atoms with Crippen LogP contribution in [0.2, 0.25) is 0 Å². The van der Waals surface area contributed by atoms with Gasteiger partial charge in [0.2, 0.25) is 0 Å². The number of allylic oxidation sites excluding steroid dienone is 2. The van der Waals surface area contributed by atoms with Crippen molar-refractivity contribution >= 4 is 17.8 Å². The van der Waals surface area contributed by atoms with Crippen LogP contribution in [0.1, 0.15) is 57.6 Å². The van der Waals surface area contributed by atoms with Crippen LogP contribution in [0, 0.1) is 5.92 Å². The Morgan fingerprint density at radius 1 is 0.964 bits per heavy atom. The van der Waals surface area contributed by atoms with Crippen LogP contribution in [-0.4, -0.2) is 18.9 Å². The molecular formula is C25H32O3. The van der Waals surface area contributed by atoms with Gasteiger partial charge in [0.25, 0.3) is 6.47 Å². The van der Waals surface area contributed by atoms with Crippen molar-refractivity contribution in [2.24, 2.45) is 5.92 Å². The van der Waals surface area contributed by atoms with Gasteiger partial charge in [0, 0.05) is 5.92 Å². The number of carbonyl (C=O) groups excluding carboxylic acids is 2. The minimum absolute atomic E-state index is 0.111. The first-order valence-electron chi connectivity index (χ1n) is 10.1. The largest absolute Gasteiger partial charge is 0.468 e. The van der Waals surface area contributed by atoms with Crippen LogP contribution in [0.4, 0.5) is 0 Å². The van der Waals surface area contributed by atoms with Crippen LogP contribution in [-0.2, 0) is 14.3 Å². The Hall–Kier alpha value is -2.68. The average molecular weight is 381 g/mol. The number of rotatable bonds is 5. The lowest BCUT2D eigenvalue weighted by Crippen LogP contribution is -2.25. The molecule has 0 fully saturated rings. The third kappa shape index (κ3) is 6.80. The van der Waals surface area contributed by atoms with Gasteiger partial charge in [0.05, 0.1) is 6.61 Å². The van der Waals surface area contributed by atoms with Gasteiger partial charge in [-0.25, -0.2) is 0 Å². The molecule has 2 aromatic carbocycles. The smallest absolute Gasteiger partial charge is 0.293 e. The van der Waals surface area contributed by atoms with E-state index < -0.39 is 0 Å². The molecule has 0 heterocycles. The van der Waals surface area contributed by atoms with Gasteiger partial charge in [0.1, 0.15) is 0 Å². The van der Waals surface area contributed by atoms with Crippen LogP contribution >= 0.6 is 0 Å². The normalized spacial score (nSPS) is 17.9. The van der Waals surface area contributed by atoms with Crippen molar-refractivity contribution in [1.82, 2.24) is 0 Å². The summed E-state index contributed by atoms with van der Waals surface area (Å²) in [5, 5.41) is 0. The molecule has 150 valence electrons. The first kappa shape index (κ1) is 23.4. The fraction of sp³-hybridized carbons (Fsp3) is 0.360. The van der Waals surface area contributed by atoms with Crippen LogP contribution < -0.4 is 0 Å². The maximum absolute atomic E-state index is 12.5. The van der Waals surface area contributed by atoms with Crippen molar-refractivity contribution < 1.29 is 14.3 Å². The topological polar surface area (TPSA) is 43.4 Å². The predicted molar refractivity (Wildman–Crippen MR) is 116 cm³/mol. The Kier molecular flexibility index (Phi) is 11.2. The van der Waals surface area contributed by atoms with E-state index in [1.54, 1.807) is 6.92 Å². The summed E-state index contributed by atoms with van der Waals surface area (Å²) in [6, 6.07) is 20.7. The molecule has 0 spiro atoms. The standard InChI is InChI=1S/C20H20O.C3H6O2.C2H6/c1-2-18-19(16-11-7-4-8-12-16)13-17(14-20(18)21)15-9-5-3-6-10-15;1-2-5-3-4;1-2/h3-12,14,18-19H,2,13H2,1H3;3H,2H2,1H3;1-2H3. The zero-order valence-electron chi connectivity index (χ0n) is 17.4. The van der Waals surface area contributed by atoms with Crippen molar-refractivity contribution in [3.8, 4) is 0 Å². The second kappa shape index (κ2) is 13.5. The second-order valence-electron chi connectivity index (χ2n) is 6.23. The molecule has 0 radical (unpaired) electrons. The molecule has 2 aromatic rings. The van der Waals surface area contributed by atoms with Gasteiger partial charge < -0.3 is 4.74 Å². The van der Waals surface area contributed by atoms with Crippen molar-refractivity contribution in [2.75, 3.05) is 6.61 Å². The summed E-state index contributed by atoms with van der Waals surface area (Å²) in [6.45, 7) is 8.78. The number of ether oxygens (including phenoxy) is 1. The number of ketones is 1. The minimum Gasteiger partial charge on any atom is -0.468 e. The molecule has 0 N–H and O–H groups in total. The summed E-state index contributed by atoms with van der Waals surface area (Å²) in [4.78, 5) is 21.7. The maximum Gasteiger partial charge on any atom is 0.293 e. The lowest BCUT2D eigenvalue weighted by atomic mass is 9.73. The van der Waals surface area contributed by atoms with E-state index in [9.17, 15) is 9.59 Å². The number of hydrogen-bond donors (Lipinski definition) is 0. The van der Waals surface area contributed by atoms with Crippen LogP contribution in [0.25, 0.3) is 5.57 Å². The summed E-state index contributed by atoms with van der Waals surface area (Å²) in [6.07, 6.45) is 3.71. The van der Waals surface area contributed by atoms with E-state index in [1.807, 2.05) is 44.2 Å². The number of hydrogen-bond acceptors (Lipinski definition) is 3. The van der Waals surface area contributed by atoms with E-state index in [0.29, 0.717) is 19.0 Å². The molecule has 0 aromatic heterocycles. The first-order valence-corrected chi connectivity index (χ1v) is 10.1. The van der Waals surface area contributed by atoms with Crippen molar-refractivity contribution in [2.45, 2.75) is 46.5 Å². The molecule has 0 saturated heterocycles. The Balaban J connectivity index is 0.000000490. The molecule has 1 aliphatic carbocycles. The molecule has 0 amide bonds. The Morgan fingerprint density at radius 2 is 1.54 bits per heavy atom. The highest BCUT2D eigenvalue weighted by Gasteiger charge is 2.32. The van der Waals surface area contributed by atoms with Crippen molar-refractivity contribution in [3.05, 3.63) is 77.9 Å².